The van der Waals surface area contributed by atoms with E-state index in [9.17, 15) is 14.4 Å². The summed E-state index contributed by atoms with van der Waals surface area (Å²) in [4.78, 5) is 41.4. The number of aryl methyl sites for hydroxylation is 2. The van der Waals surface area contributed by atoms with Gasteiger partial charge in [0.25, 0.3) is 5.91 Å². The summed E-state index contributed by atoms with van der Waals surface area (Å²) in [5.41, 5.74) is 3.25. The molecular weight excluding hydrogens is 442 g/mol. The van der Waals surface area contributed by atoms with Gasteiger partial charge in [0.2, 0.25) is 11.8 Å². The number of hydrogen-bond acceptors (Lipinski definition) is 4. The van der Waals surface area contributed by atoms with E-state index in [4.69, 9.17) is 4.42 Å². The van der Waals surface area contributed by atoms with E-state index in [-0.39, 0.29) is 24.3 Å². The second-order valence-electron chi connectivity index (χ2n) is 9.02. The van der Waals surface area contributed by atoms with Gasteiger partial charge in [0.15, 0.2) is 5.76 Å². The standard InChI is InChI=1S/C28H31N3O4/c1-19-14-15-23(20(2)17-19)31(25(32)18-29-27(33)24-13-8-16-35-24)26(21-9-4-3-5-10-21)28(34)30-22-11-6-7-12-22/h3-5,8-10,13-17,22,26H,6-7,11-12,18H2,1-2H3,(H,29,33)(H,30,34)/t26-/m1/s1. The lowest BCUT2D eigenvalue weighted by Gasteiger charge is -2.33. The number of carbonyl (C=O) groups excluding carboxylic acids is 3. The highest BCUT2D eigenvalue weighted by Gasteiger charge is 2.35. The molecule has 0 bridgehead atoms. The maximum absolute atomic E-state index is 13.7. The number of nitrogens with one attached hydrogen (secondary N) is 2. The number of carbonyl (C=O) groups is 3. The molecule has 0 spiro atoms. The number of rotatable bonds is 8. The second-order valence-corrected chi connectivity index (χ2v) is 9.02. The number of anilines is 1. The molecule has 7 heteroatoms. The lowest BCUT2D eigenvalue weighted by Crippen LogP contribution is -2.49. The first-order chi connectivity index (χ1) is 16.9. The van der Waals surface area contributed by atoms with E-state index in [0.717, 1.165) is 36.8 Å². The molecule has 35 heavy (non-hydrogen) atoms. The van der Waals surface area contributed by atoms with Crippen molar-refractivity contribution in [2.24, 2.45) is 0 Å². The Labute approximate surface area is 205 Å². The van der Waals surface area contributed by atoms with Crippen molar-refractivity contribution in [1.29, 1.82) is 0 Å². The van der Waals surface area contributed by atoms with Crippen molar-refractivity contribution < 1.29 is 18.8 Å². The minimum absolute atomic E-state index is 0.100. The Hall–Kier alpha value is -3.87. The first-order valence-electron chi connectivity index (χ1n) is 12.0. The summed E-state index contributed by atoms with van der Waals surface area (Å²) < 4.78 is 5.13. The van der Waals surface area contributed by atoms with Crippen LogP contribution in [-0.2, 0) is 9.59 Å². The zero-order chi connectivity index (χ0) is 24.8. The van der Waals surface area contributed by atoms with Gasteiger partial charge in [0, 0.05) is 11.7 Å². The summed E-state index contributed by atoms with van der Waals surface area (Å²) in [5, 5.41) is 5.79. The third-order valence-corrected chi connectivity index (χ3v) is 6.35. The zero-order valence-corrected chi connectivity index (χ0v) is 20.1. The molecule has 3 aromatic rings. The summed E-state index contributed by atoms with van der Waals surface area (Å²) in [6, 6.07) is 17.4. The SMILES string of the molecule is Cc1ccc(N(C(=O)CNC(=O)c2ccco2)[C@@H](C(=O)NC2CCCC2)c2ccccc2)c(C)c1. The molecule has 1 heterocycles. The average molecular weight is 474 g/mol. The topological polar surface area (TPSA) is 91.7 Å². The highest BCUT2D eigenvalue weighted by Crippen LogP contribution is 2.32. The van der Waals surface area contributed by atoms with Gasteiger partial charge in [-0.25, -0.2) is 0 Å². The quantitative estimate of drug-likeness (QED) is 0.505. The third kappa shape index (κ3) is 5.80. The van der Waals surface area contributed by atoms with Crippen LogP contribution in [0.1, 0.15) is 59.0 Å². The van der Waals surface area contributed by atoms with E-state index >= 15 is 0 Å². The van der Waals surface area contributed by atoms with Crippen LogP contribution in [0.15, 0.2) is 71.3 Å². The van der Waals surface area contributed by atoms with Crippen LogP contribution in [0.25, 0.3) is 0 Å². The number of hydrogen-bond donors (Lipinski definition) is 2. The first kappa shape index (κ1) is 24.3. The van der Waals surface area contributed by atoms with Crippen molar-refractivity contribution in [3.8, 4) is 0 Å². The van der Waals surface area contributed by atoms with Crippen LogP contribution in [0.3, 0.4) is 0 Å². The fraction of sp³-hybridized carbons (Fsp3) is 0.321. The summed E-state index contributed by atoms with van der Waals surface area (Å²) in [6.07, 6.45) is 5.43. The molecule has 4 rings (SSSR count). The monoisotopic (exact) mass is 473 g/mol. The molecule has 0 radical (unpaired) electrons. The normalized spacial score (nSPS) is 14.3. The molecule has 2 N–H and O–H groups in total. The first-order valence-corrected chi connectivity index (χ1v) is 12.0. The van der Waals surface area contributed by atoms with Gasteiger partial charge in [-0.3, -0.25) is 19.3 Å². The third-order valence-electron chi connectivity index (χ3n) is 6.35. The Kier molecular flexibility index (Phi) is 7.65. The Morgan fingerprint density at radius 2 is 1.74 bits per heavy atom. The van der Waals surface area contributed by atoms with Crippen LogP contribution in [0.4, 0.5) is 5.69 Å². The fourth-order valence-electron chi connectivity index (χ4n) is 4.63. The Morgan fingerprint density at radius 1 is 1.00 bits per heavy atom. The highest BCUT2D eigenvalue weighted by atomic mass is 16.3. The van der Waals surface area contributed by atoms with E-state index in [2.05, 4.69) is 10.6 Å². The largest absolute Gasteiger partial charge is 0.459 e. The van der Waals surface area contributed by atoms with Gasteiger partial charge >= 0.3 is 0 Å². The van der Waals surface area contributed by atoms with Crippen LogP contribution in [0.2, 0.25) is 0 Å². The van der Waals surface area contributed by atoms with Crippen molar-refractivity contribution in [2.45, 2.75) is 51.6 Å². The Bertz CT molecular complexity index is 1170. The van der Waals surface area contributed by atoms with E-state index in [1.807, 2.05) is 62.4 Å². The van der Waals surface area contributed by atoms with Crippen LogP contribution in [0, 0.1) is 13.8 Å². The van der Waals surface area contributed by atoms with Gasteiger partial charge in [-0.2, -0.15) is 0 Å². The van der Waals surface area contributed by atoms with Crippen LogP contribution in [0.5, 0.6) is 0 Å². The molecule has 7 nitrogen and oxygen atoms in total. The van der Waals surface area contributed by atoms with Gasteiger partial charge in [-0.05, 0) is 56.0 Å². The predicted molar refractivity (Wildman–Crippen MR) is 134 cm³/mol. The molecule has 1 aromatic heterocycles. The molecule has 1 fully saturated rings. The predicted octanol–water partition coefficient (Wildman–Crippen LogP) is 4.46. The molecule has 1 atom stereocenters. The zero-order valence-electron chi connectivity index (χ0n) is 20.1. The summed E-state index contributed by atoms with van der Waals surface area (Å²) in [5.74, 6) is -0.994. The van der Waals surface area contributed by atoms with Crippen molar-refractivity contribution in [2.75, 3.05) is 11.4 Å². The fourth-order valence-corrected chi connectivity index (χ4v) is 4.63. The molecule has 0 saturated heterocycles. The Balaban J connectivity index is 1.69. The van der Waals surface area contributed by atoms with Gasteiger partial charge in [-0.15, -0.1) is 0 Å². The Morgan fingerprint density at radius 3 is 2.40 bits per heavy atom. The van der Waals surface area contributed by atoms with Crippen LogP contribution >= 0.6 is 0 Å². The van der Waals surface area contributed by atoms with Gasteiger partial charge < -0.3 is 15.1 Å². The molecule has 1 saturated carbocycles. The molecule has 1 aliphatic carbocycles. The van der Waals surface area contributed by atoms with Crippen molar-refractivity contribution >= 4 is 23.4 Å². The summed E-state index contributed by atoms with van der Waals surface area (Å²) in [6.45, 7) is 3.61. The highest BCUT2D eigenvalue weighted by molar-refractivity contribution is 6.04. The van der Waals surface area contributed by atoms with Gasteiger partial charge in [0.1, 0.15) is 6.04 Å². The molecule has 0 aliphatic heterocycles. The van der Waals surface area contributed by atoms with Crippen LogP contribution < -0.4 is 15.5 Å². The molecule has 2 aromatic carbocycles. The maximum atomic E-state index is 13.7. The number of furan rings is 1. The summed E-state index contributed by atoms with van der Waals surface area (Å²) >= 11 is 0. The number of nitrogens with zero attached hydrogens (tertiary/aromatic N) is 1. The average Bonchev–Trinajstić information content (AvgIpc) is 3.56. The van der Waals surface area contributed by atoms with Crippen LogP contribution in [-0.4, -0.2) is 30.3 Å². The minimum atomic E-state index is -0.883. The number of amides is 3. The minimum Gasteiger partial charge on any atom is -0.459 e. The summed E-state index contributed by atoms with van der Waals surface area (Å²) in [7, 11) is 0. The molecule has 0 unspecified atom stereocenters. The van der Waals surface area contributed by atoms with E-state index in [0.29, 0.717) is 11.3 Å². The van der Waals surface area contributed by atoms with E-state index < -0.39 is 17.9 Å². The van der Waals surface area contributed by atoms with Gasteiger partial charge in [0.05, 0.1) is 12.8 Å². The molecule has 1 aliphatic rings. The van der Waals surface area contributed by atoms with Gasteiger partial charge in [-0.1, -0.05) is 60.9 Å². The number of benzene rings is 2. The molecule has 182 valence electrons. The molecule has 3 amide bonds. The maximum Gasteiger partial charge on any atom is 0.287 e. The van der Waals surface area contributed by atoms with Crippen molar-refractivity contribution in [3.63, 3.8) is 0 Å². The lowest BCUT2D eigenvalue weighted by molar-refractivity contribution is -0.126. The lowest BCUT2D eigenvalue weighted by atomic mass is 10.0. The molecular formula is C28H31N3O4. The van der Waals surface area contributed by atoms with E-state index in [1.165, 1.54) is 17.2 Å². The van der Waals surface area contributed by atoms with Crippen molar-refractivity contribution in [3.05, 3.63) is 89.4 Å². The van der Waals surface area contributed by atoms with Crippen molar-refractivity contribution in [1.82, 2.24) is 10.6 Å². The van der Waals surface area contributed by atoms with E-state index in [1.54, 1.807) is 6.07 Å². The smallest absolute Gasteiger partial charge is 0.287 e. The second kappa shape index (κ2) is 11.0.